The summed E-state index contributed by atoms with van der Waals surface area (Å²) in [5, 5.41) is 0. The summed E-state index contributed by atoms with van der Waals surface area (Å²) in [6, 6.07) is 4.31. The van der Waals surface area contributed by atoms with Crippen LogP contribution in [-0.4, -0.2) is 48.0 Å². The second kappa shape index (κ2) is 5.77. The summed E-state index contributed by atoms with van der Waals surface area (Å²) in [4.78, 5) is 17.9. The Bertz CT molecular complexity index is 611. The largest absolute Gasteiger partial charge is 0.449 e. The van der Waals surface area contributed by atoms with E-state index < -0.39 is 24.8 Å². The van der Waals surface area contributed by atoms with Gasteiger partial charge in [0, 0.05) is 25.2 Å². The number of aromatic nitrogens is 1. The molecule has 0 bridgehead atoms. The van der Waals surface area contributed by atoms with Crippen LogP contribution in [0.1, 0.15) is 17.0 Å². The van der Waals surface area contributed by atoms with Crippen molar-refractivity contribution in [2.75, 3.05) is 19.8 Å². The van der Waals surface area contributed by atoms with Crippen LogP contribution in [0.15, 0.2) is 28.8 Å². The number of furan rings is 1. The van der Waals surface area contributed by atoms with Crippen molar-refractivity contribution in [1.29, 1.82) is 0 Å². The molecule has 0 aromatic carbocycles. The summed E-state index contributed by atoms with van der Waals surface area (Å²) in [5.74, 6) is -0.285. The van der Waals surface area contributed by atoms with Gasteiger partial charge in [0.15, 0.2) is 11.3 Å². The first kappa shape index (κ1) is 13.9. The van der Waals surface area contributed by atoms with Crippen molar-refractivity contribution in [3.63, 3.8) is 0 Å². The molecule has 1 amide bonds. The number of carbonyl (C=O) groups excluding carboxylic acids is 1. The molecule has 112 valence electrons. The molecule has 3 rings (SSSR count). The maximum Gasteiger partial charge on any atom is 0.290 e. The molecular weight excluding hydrogens is 282 g/mol. The number of hydrogen-bond donors (Lipinski definition) is 0. The average Bonchev–Trinajstić information content (AvgIpc) is 2.90. The minimum Gasteiger partial charge on any atom is -0.449 e. The van der Waals surface area contributed by atoms with E-state index in [1.807, 2.05) is 0 Å². The first-order chi connectivity index (χ1) is 10.1. The number of rotatable bonds is 3. The number of ether oxygens (including phenoxy) is 1. The Kier molecular flexibility index (Phi) is 3.83. The monoisotopic (exact) mass is 296 g/mol. The van der Waals surface area contributed by atoms with Crippen molar-refractivity contribution in [2.24, 2.45) is 0 Å². The standard InChI is InChI=1S/C14H14F2N2O3/c15-13(16)6-9-8-20-5-4-18(9)14(19)12-7-10-11(21-12)2-1-3-17-10/h1-3,7,9,13H,4-6,8H2. The first-order valence-corrected chi connectivity index (χ1v) is 6.66. The molecule has 0 saturated carbocycles. The second-order valence-corrected chi connectivity index (χ2v) is 4.85. The first-order valence-electron chi connectivity index (χ1n) is 6.66. The number of halogens is 2. The predicted octanol–water partition coefficient (Wildman–Crippen LogP) is 2.32. The highest BCUT2D eigenvalue weighted by Crippen LogP contribution is 2.22. The van der Waals surface area contributed by atoms with E-state index in [4.69, 9.17) is 9.15 Å². The fourth-order valence-corrected chi connectivity index (χ4v) is 2.44. The lowest BCUT2D eigenvalue weighted by atomic mass is 10.1. The van der Waals surface area contributed by atoms with E-state index in [9.17, 15) is 13.6 Å². The smallest absolute Gasteiger partial charge is 0.290 e. The normalized spacial score (nSPS) is 19.4. The number of morpholine rings is 1. The number of pyridine rings is 1. The van der Waals surface area contributed by atoms with Gasteiger partial charge in [0.1, 0.15) is 5.52 Å². The molecule has 2 aromatic rings. The molecule has 0 radical (unpaired) electrons. The van der Waals surface area contributed by atoms with Crippen LogP contribution in [0, 0.1) is 0 Å². The summed E-state index contributed by atoms with van der Waals surface area (Å²) in [6.45, 7) is 0.735. The molecule has 1 aliphatic heterocycles. The number of nitrogens with zero attached hydrogens (tertiary/aromatic N) is 2. The van der Waals surface area contributed by atoms with E-state index in [2.05, 4.69) is 4.98 Å². The zero-order valence-electron chi connectivity index (χ0n) is 11.2. The predicted molar refractivity (Wildman–Crippen MR) is 70.3 cm³/mol. The highest BCUT2D eigenvalue weighted by atomic mass is 19.3. The topological polar surface area (TPSA) is 55.6 Å². The summed E-state index contributed by atoms with van der Waals surface area (Å²) in [7, 11) is 0. The fourth-order valence-electron chi connectivity index (χ4n) is 2.44. The fraction of sp³-hybridized carbons (Fsp3) is 0.429. The van der Waals surface area contributed by atoms with Crippen LogP contribution in [0.2, 0.25) is 0 Å². The molecule has 7 heteroatoms. The molecule has 1 unspecified atom stereocenters. The zero-order valence-corrected chi connectivity index (χ0v) is 11.2. The van der Waals surface area contributed by atoms with E-state index in [-0.39, 0.29) is 18.9 Å². The van der Waals surface area contributed by atoms with Crippen LogP contribution in [0.5, 0.6) is 0 Å². The van der Waals surface area contributed by atoms with E-state index >= 15 is 0 Å². The highest BCUT2D eigenvalue weighted by molar-refractivity contribution is 5.95. The quantitative estimate of drug-likeness (QED) is 0.872. The Morgan fingerprint density at radius 2 is 2.38 bits per heavy atom. The van der Waals surface area contributed by atoms with Gasteiger partial charge in [-0.15, -0.1) is 0 Å². The Hall–Kier alpha value is -2.02. The zero-order chi connectivity index (χ0) is 14.8. The van der Waals surface area contributed by atoms with Gasteiger partial charge in [0.2, 0.25) is 6.43 Å². The third kappa shape index (κ3) is 2.87. The Morgan fingerprint density at radius 1 is 1.52 bits per heavy atom. The summed E-state index contributed by atoms with van der Waals surface area (Å²) < 4.78 is 35.8. The van der Waals surface area contributed by atoms with Crippen molar-refractivity contribution in [3.05, 3.63) is 30.2 Å². The lowest BCUT2D eigenvalue weighted by molar-refractivity contribution is -0.0227. The van der Waals surface area contributed by atoms with E-state index in [1.165, 1.54) is 11.0 Å². The SMILES string of the molecule is O=C(c1cc2ncccc2o1)N1CCOCC1CC(F)F. The molecular formula is C14H14F2N2O3. The van der Waals surface area contributed by atoms with Crippen LogP contribution in [-0.2, 0) is 4.74 Å². The molecule has 5 nitrogen and oxygen atoms in total. The van der Waals surface area contributed by atoms with Gasteiger partial charge < -0.3 is 14.1 Å². The van der Waals surface area contributed by atoms with Crippen molar-refractivity contribution in [3.8, 4) is 0 Å². The average molecular weight is 296 g/mol. The second-order valence-electron chi connectivity index (χ2n) is 4.85. The molecule has 3 heterocycles. The van der Waals surface area contributed by atoms with Gasteiger partial charge in [0.05, 0.1) is 19.3 Å². The summed E-state index contributed by atoms with van der Waals surface area (Å²) in [5.41, 5.74) is 1.07. The van der Waals surface area contributed by atoms with Crippen LogP contribution < -0.4 is 0 Å². The minimum absolute atomic E-state index is 0.116. The molecule has 1 saturated heterocycles. The van der Waals surface area contributed by atoms with Gasteiger partial charge in [-0.3, -0.25) is 9.78 Å². The van der Waals surface area contributed by atoms with Gasteiger partial charge in [-0.2, -0.15) is 0 Å². The van der Waals surface area contributed by atoms with Gasteiger partial charge in [0.25, 0.3) is 5.91 Å². The number of fused-ring (bicyclic) bond motifs is 1. The van der Waals surface area contributed by atoms with E-state index in [1.54, 1.807) is 18.3 Å². The van der Waals surface area contributed by atoms with Crippen molar-refractivity contribution >= 4 is 17.0 Å². The molecule has 0 aliphatic carbocycles. The van der Waals surface area contributed by atoms with E-state index in [0.29, 0.717) is 17.7 Å². The molecule has 1 atom stereocenters. The number of carbonyl (C=O) groups is 1. The van der Waals surface area contributed by atoms with Crippen molar-refractivity contribution < 1.29 is 22.7 Å². The van der Waals surface area contributed by atoms with Crippen LogP contribution in [0.4, 0.5) is 8.78 Å². The third-order valence-corrected chi connectivity index (χ3v) is 3.44. The molecule has 1 aliphatic rings. The molecule has 2 aromatic heterocycles. The molecule has 21 heavy (non-hydrogen) atoms. The minimum atomic E-state index is -2.48. The lowest BCUT2D eigenvalue weighted by Crippen LogP contribution is -2.49. The van der Waals surface area contributed by atoms with Crippen LogP contribution in [0.3, 0.4) is 0 Å². The molecule has 0 spiro atoms. The van der Waals surface area contributed by atoms with Gasteiger partial charge >= 0.3 is 0 Å². The van der Waals surface area contributed by atoms with Crippen LogP contribution in [0.25, 0.3) is 11.1 Å². The van der Waals surface area contributed by atoms with Gasteiger partial charge in [-0.25, -0.2) is 8.78 Å². The summed E-state index contributed by atoms with van der Waals surface area (Å²) >= 11 is 0. The summed E-state index contributed by atoms with van der Waals surface area (Å²) in [6.07, 6.45) is -1.28. The number of hydrogen-bond acceptors (Lipinski definition) is 4. The maximum atomic E-state index is 12.6. The van der Waals surface area contributed by atoms with Crippen LogP contribution >= 0.6 is 0 Å². The van der Waals surface area contributed by atoms with Crippen molar-refractivity contribution in [1.82, 2.24) is 9.88 Å². The third-order valence-electron chi connectivity index (χ3n) is 3.44. The Balaban J connectivity index is 1.84. The lowest BCUT2D eigenvalue weighted by Gasteiger charge is -2.34. The van der Waals surface area contributed by atoms with Gasteiger partial charge in [-0.05, 0) is 12.1 Å². The molecule has 0 N–H and O–H groups in total. The molecule has 1 fully saturated rings. The Morgan fingerprint density at radius 3 is 3.14 bits per heavy atom. The number of alkyl halides is 2. The highest BCUT2D eigenvalue weighted by Gasteiger charge is 2.31. The van der Waals surface area contributed by atoms with E-state index in [0.717, 1.165) is 0 Å². The number of amides is 1. The van der Waals surface area contributed by atoms with Crippen molar-refractivity contribution in [2.45, 2.75) is 18.9 Å². The maximum absolute atomic E-state index is 12.6. The Labute approximate surface area is 119 Å². The van der Waals surface area contributed by atoms with Gasteiger partial charge in [-0.1, -0.05) is 0 Å².